The summed E-state index contributed by atoms with van der Waals surface area (Å²) in [4.78, 5) is 3.56. The molecule has 2 heterocycles. The minimum absolute atomic E-state index is 1.17. The van der Waals surface area contributed by atoms with Crippen LogP contribution in [0.2, 0.25) is 0 Å². The van der Waals surface area contributed by atoms with Crippen LogP contribution in [-0.2, 0) is 0 Å². The van der Waals surface area contributed by atoms with Gasteiger partial charge in [0.2, 0.25) is 0 Å². The van der Waals surface area contributed by atoms with Crippen LogP contribution >= 0.6 is 0 Å². The molecule has 0 atom stereocenters. The van der Waals surface area contributed by atoms with Crippen LogP contribution in [0.4, 0.5) is 0 Å². The zero-order chi connectivity index (χ0) is 22.8. The predicted octanol–water partition coefficient (Wildman–Crippen LogP) is 8.70. The summed E-state index contributed by atoms with van der Waals surface area (Å²) in [6, 6.07) is 37.5. The van der Waals surface area contributed by atoms with E-state index in [-0.39, 0.29) is 0 Å². The van der Waals surface area contributed by atoms with Crippen LogP contribution in [0, 0.1) is 13.8 Å². The third-order valence-electron chi connectivity index (χ3n) is 7.25. The molecule has 0 aliphatic rings. The highest BCUT2D eigenvalue weighted by atomic mass is 15.0. The molecule has 0 spiro atoms. The monoisotopic (exact) mass is 436 g/mol. The number of fused-ring (bicyclic) bond motifs is 6. The summed E-state index contributed by atoms with van der Waals surface area (Å²) in [7, 11) is 0. The van der Waals surface area contributed by atoms with Crippen LogP contribution in [0.1, 0.15) is 11.1 Å². The fraction of sp³-hybridized carbons (Fsp3) is 0.0625. The Kier molecular flexibility index (Phi) is 4.01. The van der Waals surface area contributed by atoms with Crippen molar-refractivity contribution in [2.75, 3.05) is 0 Å². The zero-order valence-electron chi connectivity index (χ0n) is 19.3. The van der Waals surface area contributed by atoms with E-state index in [2.05, 4.69) is 127 Å². The van der Waals surface area contributed by atoms with Crippen molar-refractivity contribution in [3.63, 3.8) is 0 Å². The Morgan fingerprint density at radius 2 is 1.12 bits per heavy atom. The predicted molar refractivity (Wildman–Crippen MR) is 145 cm³/mol. The molecule has 0 bridgehead atoms. The van der Waals surface area contributed by atoms with Gasteiger partial charge in [0, 0.05) is 38.1 Å². The second-order valence-electron chi connectivity index (χ2n) is 9.25. The molecule has 5 aromatic carbocycles. The van der Waals surface area contributed by atoms with Crippen molar-refractivity contribution in [1.29, 1.82) is 0 Å². The van der Waals surface area contributed by atoms with Crippen molar-refractivity contribution in [2.24, 2.45) is 0 Å². The molecule has 1 N–H and O–H groups in total. The number of hydrogen-bond acceptors (Lipinski definition) is 0. The third-order valence-corrected chi connectivity index (χ3v) is 7.25. The van der Waals surface area contributed by atoms with E-state index in [0.717, 1.165) is 0 Å². The minimum Gasteiger partial charge on any atom is -0.355 e. The van der Waals surface area contributed by atoms with Gasteiger partial charge in [-0.25, -0.2) is 0 Å². The standard InChI is InChI=1S/C32H24N2/c1-20-17-26(22-15-16-29-27(19-22)23-9-3-6-12-28(23)33-29)32(18-21(20)2)34-30-13-7-4-10-24(30)25-11-5-8-14-31(25)34/h3-19,33H,1-2H3. The highest BCUT2D eigenvalue weighted by molar-refractivity contribution is 6.11. The molecule has 0 unspecified atom stereocenters. The maximum absolute atomic E-state index is 3.56. The Balaban J connectivity index is 1.58. The van der Waals surface area contributed by atoms with Crippen molar-refractivity contribution in [2.45, 2.75) is 13.8 Å². The molecule has 2 nitrogen and oxygen atoms in total. The molecular formula is C32H24N2. The summed E-state index contributed by atoms with van der Waals surface area (Å²) in [6.45, 7) is 4.41. The van der Waals surface area contributed by atoms with Crippen LogP contribution in [0.25, 0.3) is 60.4 Å². The summed E-state index contributed by atoms with van der Waals surface area (Å²) >= 11 is 0. The van der Waals surface area contributed by atoms with E-state index in [1.165, 1.54) is 71.6 Å². The van der Waals surface area contributed by atoms with E-state index in [0.29, 0.717) is 0 Å². The third kappa shape index (κ3) is 2.69. The first-order chi connectivity index (χ1) is 16.7. The Morgan fingerprint density at radius 3 is 1.85 bits per heavy atom. The van der Waals surface area contributed by atoms with Gasteiger partial charge < -0.3 is 9.55 Å². The van der Waals surface area contributed by atoms with Crippen LogP contribution in [0.15, 0.2) is 103 Å². The fourth-order valence-corrected chi connectivity index (χ4v) is 5.41. The maximum Gasteiger partial charge on any atom is 0.0543 e. The largest absolute Gasteiger partial charge is 0.355 e. The number of nitrogens with zero attached hydrogens (tertiary/aromatic N) is 1. The first-order valence-corrected chi connectivity index (χ1v) is 11.8. The molecule has 7 aromatic rings. The Labute approximate surface area is 198 Å². The van der Waals surface area contributed by atoms with Gasteiger partial charge in [-0.05, 0) is 73.0 Å². The van der Waals surface area contributed by atoms with Crippen LogP contribution in [-0.4, -0.2) is 9.55 Å². The van der Waals surface area contributed by atoms with Crippen molar-refractivity contribution in [1.82, 2.24) is 9.55 Å². The van der Waals surface area contributed by atoms with Crippen molar-refractivity contribution >= 4 is 43.6 Å². The molecule has 34 heavy (non-hydrogen) atoms. The number of nitrogens with one attached hydrogen (secondary N) is 1. The number of benzene rings is 5. The topological polar surface area (TPSA) is 20.7 Å². The normalized spacial score (nSPS) is 11.8. The number of aromatic amines is 1. The van der Waals surface area contributed by atoms with E-state index in [4.69, 9.17) is 0 Å². The summed E-state index contributed by atoms with van der Waals surface area (Å²) in [5.74, 6) is 0. The average Bonchev–Trinajstić information content (AvgIpc) is 3.41. The lowest BCUT2D eigenvalue weighted by molar-refractivity contribution is 1.16. The van der Waals surface area contributed by atoms with E-state index in [1.54, 1.807) is 0 Å². The van der Waals surface area contributed by atoms with Gasteiger partial charge >= 0.3 is 0 Å². The second-order valence-corrected chi connectivity index (χ2v) is 9.25. The lowest BCUT2D eigenvalue weighted by Crippen LogP contribution is -1.99. The van der Waals surface area contributed by atoms with E-state index in [1.807, 2.05) is 0 Å². The molecule has 0 aliphatic carbocycles. The lowest BCUT2D eigenvalue weighted by Gasteiger charge is -2.17. The molecule has 0 amide bonds. The van der Waals surface area contributed by atoms with Crippen LogP contribution < -0.4 is 0 Å². The molecule has 0 radical (unpaired) electrons. The molecular weight excluding hydrogens is 412 g/mol. The Morgan fingerprint density at radius 1 is 0.529 bits per heavy atom. The highest BCUT2D eigenvalue weighted by Gasteiger charge is 2.17. The molecule has 0 fully saturated rings. The van der Waals surface area contributed by atoms with Crippen LogP contribution in [0.3, 0.4) is 0 Å². The summed E-state index contributed by atoms with van der Waals surface area (Å²) < 4.78 is 2.44. The molecule has 7 rings (SSSR count). The van der Waals surface area contributed by atoms with Crippen LogP contribution in [0.5, 0.6) is 0 Å². The Bertz CT molecular complexity index is 1830. The highest BCUT2D eigenvalue weighted by Crippen LogP contribution is 2.38. The first-order valence-electron chi connectivity index (χ1n) is 11.8. The summed E-state index contributed by atoms with van der Waals surface area (Å²) in [5, 5.41) is 5.10. The number of aryl methyl sites for hydroxylation is 2. The van der Waals surface area contributed by atoms with Gasteiger partial charge in [0.25, 0.3) is 0 Å². The van der Waals surface area contributed by atoms with Gasteiger partial charge in [-0.15, -0.1) is 0 Å². The maximum atomic E-state index is 3.56. The van der Waals surface area contributed by atoms with Gasteiger partial charge in [0.15, 0.2) is 0 Å². The summed E-state index contributed by atoms with van der Waals surface area (Å²) in [5.41, 5.74) is 11.1. The number of para-hydroxylation sites is 3. The van der Waals surface area contributed by atoms with E-state index >= 15 is 0 Å². The molecule has 0 aliphatic heterocycles. The summed E-state index contributed by atoms with van der Waals surface area (Å²) in [6.07, 6.45) is 0. The lowest BCUT2D eigenvalue weighted by atomic mass is 9.96. The smallest absolute Gasteiger partial charge is 0.0543 e. The first kappa shape index (κ1) is 19.2. The van der Waals surface area contributed by atoms with Gasteiger partial charge in [-0.2, -0.15) is 0 Å². The molecule has 0 saturated heterocycles. The molecule has 0 saturated carbocycles. The van der Waals surface area contributed by atoms with Gasteiger partial charge in [0.1, 0.15) is 0 Å². The quantitative estimate of drug-likeness (QED) is 0.280. The van der Waals surface area contributed by atoms with Gasteiger partial charge in [0.05, 0.1) is 16.7 Å². The Hall–Kier alpha value is -4.30. The number of hydrogen-bond donors (Lipinski definition) is 1. The van der Waals surface area contributed by atoms with Crippen molar-refractivity contribution in [3.05, 3.63) is 114 Å². The van der Waals surface area contributed by atoms with Gasteiger partial charge in [-0.1, -0.05) is 60.7 Å². The number of rotatable bonds is 2. The molecule has 2 aromatic heterocycles. The second kappa shape index (κ2) is 7.10. The molecule has 2 heteroatoms. The SMILES string of the molecule is Cc1cc(-c2ccc3[nH]c4ccccc4c3c2)c(-n2c3ccccc3c3ccccc32)cc1C. The van der Waals surface area contributed by atoms with E-state index in [9.17, 15) is 0 Å². The fourth-order valence-electron chi connectivity index (χ4n) is 5.41. The molecule has 162 valence electrons. The minimum atomic E-state index is 1.17. The van der Waals surface area contributed by atoms with Crippen molar-refractivity contribution in [3.8, 4) is 16.8 Å². The zero-order valence-corrected chi connectivity index (χ0v) is 19.3. The van der Waals surface area contributed by atoms with Crippen molar-refractivity contribution < 1.29 is 0 Å². The number of H-pyrrole nitrogens is 1. The van der Waals surface area contributed by atoms with E-state index < -0.39 is 0 Å². The van der Waals surface area contributed by atoms with Gasteiger partial charge in [-0.3, -0.25) is 0 Å². The number of aromatic nitrogens is 2. The average molecular weight is 437 g/mol.